The number of amides is 2. The molecule has 11 heteroatoms. The summed E-state index contributed by atoms with van der Waals surface area (Å²) < 4.78 is 18.4. The Morgan fingerprint density at radius 1 is 1.08 bits per heavy atom. The van der Waals surface area contributed by atoms with Crippen LogP contribution in [-0.2, 0) is 20.9 Å². The zero-order valence-corrected chi connectivity index (χ0v) is 21.6. The van der Waals surface area contributed by atoms with Crippen LogP contribution in [0.4, 0.5) is 15.8 Å². The molecular formula is C28H24FN3O6S. The van der Waals surface area contributed by atoms with Gasteiger partial charge in [-0.3, -0.25) is 14.5 Å². The summed E-state index contributed by atoms with van der Waals surface area (Å²) in [5.41, 5.74) is 1.76. The molecule has 1 fully saturated rings. The van der Waals surface area contributed by atoms with Gasteiger partial charge >= 0.3 is 11.9 Å². The van der Waals surface area contributed by atoms with E-state index >= 15 is 0 Å². The third-order valence-corrected chi connectivity index (χ3v) is 6.85. The Bertz CT molecular complexity index is 1430. The Labute approximate surface area is 227 Å². The summed E-state index contributed by atoms with van der Waals surface area (Å²) in [5, 5.41) is 11.3. The second-order valence-electron chi connectivity index (χ2n) is 8.45. The highest BCUT2D eigenvalue weighted by molar-refractivity contribution is 8.15. The van der Waals surface area contributed by atoms with Gasteiger partial charge in [-0.2, -0.15) is 0 Å². The molecule has 3 aromatic rings. The number of amidine groups is 1. The number of aromatic carboxylic acids is 1. The van der Waals surface area contributed by atoms with Crippen molar-refractivity contribution in [3.05, 3.63) is 95.3 Å². The maximum Gasteiger partial charge on any atom is 0.338 e. The van der Waals surface area contributed by atoms with Crippen molar-refractivity contribution in [3.8, 4) is 0 Å². The van der Waals surface area contributed by atoms with Gasteiger partial charge in [0.25, 0.3) is 0 Å². The van der Waals surface area contributed by atoms with E-state index in [1.165, 1.54) is 35.2 Å². The molecule has 1 unspecified atom stereocenters. The summed E-state index contributed by atoms with van der Waals surface area (Å²) in [4.78, 5) is 55.6. The van der Waals surface area contributed by atoms with Crippen LogP contribution in [0.2, 0.25) is 0 Å². The fraction of sp³-hybridized carbons (Fsp3) is 0.179. The number of rotatable bonds is 8. The number of thioether (sulfide) groups is 1. The molecule has 9 nitrogen and oxygen atoms in total. The van der Waals surface area contributed by atoms with Crippen LogP contribution in [0.1, 0.15) is 39.6 Å². The van der Waals surface area contributed by atoms with E-state index in [9.17, 15) is 28.7 Å². The highest BCUT2D eigenvalue weighted by atomic mass is 32.2. The molecule has 0 aromatic heterocycles. The van der Waals surface area contributed by atoms with Gasteiger partial charge in [0.05, 0.1) is 30.0 Å². The number of carboxylic acids is 1. The first-order valence-corrected chi connectivity index (χ1v) is 12.8. The maximum absolute atomic E-state index is 13.4. The molecule has 1 aliphatic heterocycles. The lowest BCUT2D eigenvalue weighted by molar-refractivity contribution is -0.129. The molecule has 0 aliphatic carbocycles. The van der Waals surface area contributed by atoms with Crippen molar-refractivity contribution in [2.45, 2.75) is 25.1 Å². The first kappa shape index (κ1) is 27.5. The number of carbonyl (C=O) groups excluding carboxylic acids is 3. The summed E-state index contributed by atoms with van der Waals surface area (Å²) in [5.74, 6) is -2.85. The molecule has 0 saturated carbocycles. The second-order valence-corrected chi connectivity index (χ2v) is 9.62. The van der Waals surface area contributed by atoms with E-state index in [-0.39, 0.29) is 41.9 Å². The molecule has 2 N–H and O–H groups in total. The topological polar surface area (TPSA) is 125 Å². The van der Waals surface area contributed by atoms with Crippen molar-refractivity contribution in [3.63, 3.8) is 0 Å². The zero-order valence-electron chi connectivity index (χ0n) is 20.8. The van der Waals surface area contributed by atoms with E-state index in [1.807, 2.05) is 0 Å². The molecular weight excluding hydrogens is 525 g/mol. The first-order valence-electron chi connectivity index (χ1n) is 11.9. The number of nitrogens with zero attached hydrogens (tertiary/aromatic N) is 2. The van der Waals surface area contributed by atoms with Crippen molar-refractivity contribution < 1.29 is 33.4 Å². The Kier molecular flexibility index (Phi) is 8.72. The molecule has 0 bridgehead atoms. The van der Waals surface area contributed by atoms with Crippen LogP contribution in [0.3, 0.4) is 0 Å². The Hall–Kier alpha value is -4.51. The van der Waals surface area contributed by atoms with Crippen LogP contribution in [0.5, 0.6) is 0 Å². The number of carbonyl (C=O) groups is 4. The van der Waals surface area contributed by atoms with Gasteiger partial charge in [0.2, 0.25) is 11.8 Å². The molecule has 200 valence electrons. The van der Waals surface area contributed by atoms with Crippen LogP contribution in [0, 0.1) is 5.82 Å². The van der Waals surface area contributed by atoms with E-state index in [4.69, 9.17) is 4.74 Å². The third-order valence-electron chi connectivity index (χ3n) is 5.67. The fourth-order valence-electron chi connectivity index (χ4n) is 3.72. The number of benzene rings is 3. The number of carboxylic acid groups (broad SMARTS) is 1. The Balaban J connectivity index is 1.60. The van der Waals surface area contributed by atoms with Crippen molar-refractivity contribution in [2.75, 3.05) is 11.9 Å². The average molecular weight is 550 g/mol. The normalized spacial score (nSPS) is 16.2. The largest absolute Gasteiger partial charge is 0.478 e. The summed E-state index contributed by atoms with van der Waals surface area (Å²) in [6, 6.07) is 17.8. The quantitative estimate of drug-likeness (QED) is 0.385. The molecule has 1 saturated heterocycles. The lowest BCUT2D eigenvalue weighted by atomic mass is 10.1. The monoisotopic (exact) mass is 549 g/mol. The van der Waals surface area contributed by atoms with Crippen LogP contribution < -0.4 is 5.32 Å². The standard InChI is InChI=1S/C28H24FN3O6S/c1-2-38-27(37)18-8-12-21(13-9-18)31-28-32(16-17-6-10-20(29)11-7-17)24(33)15-23(39-28)25(34)30-22-5-3-4-19(14-22)26(35)36/h3-14,23H,2,15-16H2,1H3,(H,30,34)(H,35,36). The van der Waals surface area contributed by atoms with Gasteiger partial charge in [-0.1, -0.05) is 30.0 Å². The van der Waals surface area contributed by atoms with Gasteiger partial charge < -0.3 is 15.2 Å². The van der Waals surface area contributed by atoms with E-state index in [0.717, 1.165) is 11.8 Å². The van der Waals surface area contributed by atoms with Crippen LogP contribution >= 0.6 is 11.8 Å². The maximum atomic E-state index is 13.4. The number of halogens is 1. The molecule has 1 heterocycles. The lowest BCUT2D eigenvalue weighted by Crippen LogP contribution is -2.44. The highest BCUT2D eigenvalue weighted by Crippen LogP contribution is 2.31. The number of hydrogen-bond donors (Lipinski definition) is 2. The molecule has 3 aromatic carbocycles. The van der Waals surface area contributed by atoms with E-state index < -0.39 is 28.9 Å². The van der Waals surface area contributed by atoms with Crippen molar-refractivity contribution >= 4 is 52.1 Å². The SMILES string of the molecule is CCOC(=O)c1ccc(N=C2SC(C(=O)Nc3cccc(C(=O)O)c3)CC(=O)N2Cc2ccc(F)cc2)cc1. The molecule has 39 heavy (non-hydrogen) atoms. The second kappa shape index (κ2) is 12.4. The van der Waals surface area contributed by atoms with Gasteiger partial charge in [0, 0.05) is 12.1 Å². The first-order chi connectivity index (χ1) is 18.7. The van der Waals surface area contributed by atoms with E-state index in [2.05, 4.69) is 10.3 Å². The average Bonchev–Trinajstić information content (AvgIpc) is 2.92. The zero-order chi connectivity index (χ0) is 27.9. The van der Waals surface area contributed by atoms with Crippen LogP contribution in [-0.4, -0.2) is 50.8 Å². The number of esters is 1. The molecule has 4 rings (SSSR count). The van der Waals surface area contributed by atoms with Crippen LogP contribution in [0.15, 0.2) is 77.8 Å². The van der Waals surface area contributed by atoms with Crippen molar-refractivity contribution in [1.29, 1.82) is 0 Å². The number of ether oxygens (including phenoxy) is 1. The minimum Gasteiger partial charge on any atom is -0.478 e. The van der Waals surface area contributed by atoms with Gasteiger partial charge in [0.15, 0.2) is 5.17 Å². The van der Waals surface area contributed by atoms with Crippen molar-refractivity contribution in [1.82, 2.24) is 4.90 Å². The fourth-order valence-corrected chi connectivity index (χ4v) is 4.82. The Morgan fingerprint density at radius 3 is 2.46 bits per heavy atom. The van der Waals surface area contributed by atoms with Gasteiger partial charge in [-0.15, -0.1) is 0 Å². The highest BCUT2D eigenvalue weighted by Gasteiger charge is 2.36. The predicted molar refractivity (Wildman–Crippen MR) is 144 cm³/mol. The Morgan fingerprint density at radius 2 is 1.79 bits per heavy atom. The predicted octanol–water partition coefficient (Wildman–Crippen LogP) is 4.86. The lowest BCUT2D eigenvalue weighted by Gasteiger charge is -2.32. The summed E-state index contributed by atoms with van der Waals surface area (Å²) in [6.45, 7) is 2.06. The molecule has 1 atom stereocenters. The summed E-state index contributed by atoms with van der Waals surface area (Å²) in [6.07, 6.45) is -0.128. The molecule has 0 radical (unpaired) electrons. The van der Waals surface area contributed by atoms with Crippen molar-refractivity contribution in [2.24, 2.45) is 4.99 Å². The van der Waals surface area contributed by atoms with Gasteiger partial charge in [0.1, 0.15) is 11.1 Å². The van der Waals surface area contributed by atoms with Crippen LogP contribution in [0.25, 0.3) is 0 Å². The smallest absolute Gasteiger partial charge is 0.338 e. The molecule has 0 spiro atoms. The van der Waals surface area contributed by atoms with Gasteiger partial charge in [-0.05, 0) is 67.1 Å². The van der Waals surface area contributed by atoms with E-state index in [0.29, 0.717) is 16.8 Å². The third kappa shape index (κ3) is 7.08. The number of nitrogens with one attached hydrogen (secondary N) is 1. The minimum absolute atomic E-state index is 0.0131. The van der Waals surface area contributed by atoms with E-state index in [1.54, 1.807) is 49.4 Å². The summed E-state index contributed by atoms with van der Waals surface area (Å²) >= 11 is 1.08. The minimum atomic E-state index is -1.13. The summed E-state index contributed by atoms with van der Waals surface area (Å²) in [7, 11) is 0. The number of hydrogen-bond acceptors (Lipinski definition) is 7. The van der Waals surface area contributed by atoms with Gasteiger partial charge in [-0.25, -0.2) is 19.0 Å². The number of aliphatic imine (C=N–C) groups is 1. The number of anilines is 1. The molecule has 2 amide bonds. The molecule has 1 aliphatic rings.